The molecule has 1 aromatic rings. The average Bonchev–Trinajstić information content (AvgIpc) is 2.99. The van der Waals surface area contributed by atoms with Crippen molar-refractivity contribution in [2.75, 3.05) is 0 Å². The minimum atomic E-state index is 0.152. The molecule has 1 fully saturated rings. The number of benzene rings is 1. The molecule has 0 aliphatic heterocycles. The van der Waals surface area contributed by atoms with Crippen LogP contribution in [0.2, 0.25) is 0 Å². The highest BCUT2D eigenvalue weighted by atomic mass is 16.1. The molecule has 1 aromatic carbocycles. The number of fused-ring (bicyclic) bond motifs is 5. The van der Waals surface area contributed by atoms with E-state index in [1.165, 1.54) is 29.5 Å². The summed E-state index contributed by atoms with van der Waals surface area (Å²) >= 11 is 0. The predicted octanol–water partition coefficient (Wildman–Crippen LogP) is 4.30. The fourth-order valence-electron chi connectivity index (χ4n) is 4.72. The lowest BCUT2D eigenvalue weighted by Gasteiger charge is -2.41. The highest BCUT2D eigenvalue weighted by Crippen LogP contribution is 2.58. The van der Waals surface area contributed by atoms with Crippen molar-refractivity contribution in [2.45, 2.75) is 57.3 Å². The van der Waals surface area contributed by atoms with Gasteiger partial charge >= 0.3 is 0 Å². The maximum atomic E-state index is 12.3. The number of carbonyl (C=O) groups is 1. The third-order valence-corrected chi connectivity index (χ3v) is 5.76. The van der Waals surface area contributed by atoms with Crippen LogP contribution in [0.25, 0.3) is 0 Å². The Labute approximate surface area is 121 Å². The van der Waals surface area contributed by atoms with Crippen LogP contribution in [0.3, 0.4) is 0 Å². The molecule has 1 saturated carbocycles. The Hall–Kier alpha value is -1.37. The maximum absolute atomic E-state index is 12.3. The molecule has 3 aliphatic carbocycles. The van der Waals surface area contributed by atoms with Gasteiger partial charge in [0.2, 0.25) is 0 Å². The van der Waals surface area contributed by atoms with Gasteiger partial charge in [-0.25, -0.2) is 0 Å². The summed E-state index contributed by atoms with van der Waals surface area (Å²) in [5, 5.41) is 0. The summed E-state index contributed by atoms with van der Waals surface area (Å²) in [4.78, 5) is 12.3. The molecule has 1 spiro atoms. The molecular weight excluding hydrogens is 244 g/mol. The van der Waals surface area contributed by atoms with Crippen LogP contribution in [-0.2, 0) is 16.6 Å². The minimum absolute atomic E-state index is 0.152. The summed E-state index contributed by atoms with van der Waals surface area (Å²) in [6.45, 7) is 4.51. The predicted molar refractivity (Wildman–Crippen MR) is 81.0 cm³/mol. The Kier molecular flexibility index (Phi) is 2.52. The quantitative estimate of drug-likeness (QED) is 0.692. The molecule has 104 valence electrons. The van der Waals surface area contributed by atoms with Crippen LogP contribution in [0, 0.1) is 5.92 Å². The standard InChI is InChI=1S/C19H22O/c1-12(2)14-4-5-15-8-17(20)11-19(18(15)9-14)10-13-3-6-16(19)7-13/h3-5,9,12,16H,6-8,10-11H2,1-2H3. The molecule has 0 N–H and O–H groups in total. The van der Waals surface area contributed by atoms with E-state index < -0.39 is 0 Å². The summed E-state index contributed by atoms with van der Waals surface area (Å²) < 4.78 is 0. The van der Waals surface area contributed by atoms with Crippen molar-refractivity contribution in [3.05, 3.63) is 46.5 Å². The van der Waals surface area contributed by atoms with Crippen LogP contribution in [0.5, 0.6) is 0 Å². The van der Waals surface area contributed by atoms with E-state index in [9.17, 15) is 4.79 Å². The van der Waals surface area contributed by atoms with Gasteiger partial charge in [0.05, 0.1) is 0 Å². The van der Waals surface area contributed by atoms with Crippen LogP contribution in [0.4, 0.5) is 0 Å². The van der Waals surface area contributed by atoms with Gasteiger partial charge in [0.15, 0.2) is 0 Å². The SMILES string of the molecule is CC(C)c1ccc2c(c1)C1(CC(=O)C2)CC2=CCC1C2. The molecule has 0 radical (unpaired) electrons. The van der Waals surface area contributed by atoms with Crippen molar-refractivity contribution >= 4 is 5.78 Å². The Balaban J connectivity index is 1.89. The molecule has 0 aromatic heterocycles. The molecule has 2 bridgehead atoms. The second-order valence-corrected chi connectivity index (χ2v) is 7.30. The summed E-state index contributed by atoms with van der Waals surface area (Å²) in [5.41, 5.74) is 6.00. The molecule has 0 amide bonds. The lowest BCUT2D eigenvalue weighted by molar-refractivity contribution is -0.120. The first kappa shape index (κ1) is 12.4. The molecule has 3 aliphatic rings. The Morgan fingerprint density at radius 3 is 2.75 bits per heavy atom. The van der Waals surface area contributed by atoms with Crippen molar-refractivity contribution < 1.29 is 4.79 Å². The number of allylic oxidation sites excluding steroid dienone is 2. The van der Waals surface area contributed by atoms with Gasteiger partial charge < -0.3 is 0 Å². The third-order valence-electron chi connectivity index (χ3n) is 5.76. The van der Waals surface area contributed by atoms with Crippen molar-refractivity contribution in [3.63, 3.8) is 0 Å². The highest BCUT2D eigenvalue weighted by molar-refractivity contribution is 5.85. The van der Waals surface area contributed by atoms with E-state index in [-0.39, 0.29) is 5.41 Å². The molecule has 0 saturated heterocycles. The zero-order chi connectivity index (χ0) is 13.9. The lowest BCUT2D eigenvalue weighted by atomic mass is 9.62. The van der Waals surface area contributed by atoms with E-state index in [0.717, 1.165) is 12.8 Å². The van der Waals surface area contributed by atoms with E-state index in [1.807, 2.05) is 0 Å². The zero-order valence-electron chi connectivity index (χ0n) is 12.4. The summed E-state index contributed by atoms with van der Waals surface area (Å²) in [5.74, 6) is 1.69. The molecular formula is C19H22O. The second-order valence-electron chi connectivity index (χ2n) is 7.30. The first-order chi connectivity index (χ1) is 9.58. The average molecular weight is 266 g/mol. The van der Waals surface area contributed by atoms with Crippen LogP contribution in [-0.4, -0.2) is 5.78 Å². The van der Waals surface area contributed by atoms with Gasteiger partial charge in [0.25, 0.3) is 0 Å². The van der Waals surface area contributed by atoms with E-state index in [2.05, 4.69) is 38.1 Å². The van der Waals surface area contributed by atoms with Gasteiger partial charge in [-0.3, -0.25) is 4.79 Å². The smallest absolute Gasteiger partial charge is 0.138 e. The van der Waals surface area contributed by atoms with Gasteiger partial charge in [-0.05, 0) is 47.8 Å². The normalized spacial score (nSPS) is 31.1. The van der Waals surface area contributed by atoms with Crippen LogP contribution >= 0.6 is 0 Å². The summed E-state index contributed by atoms with van der Waals surface area (Å²) in [6, 6.07) is 6.87. The lowest BCUT2D eigenvalue weighted by Crippen LogP contribution is -2.39. The van der Waals surface area contributed by atoms with E-state index in [0.29, 0.717) is 24.0 Å². The third kappa shape index (κ3) is 1.58. The second kappa shape index (κ2) is 4.07. The van der Waals surface area contributed by atoms with E-state index >= 15 is 0 Å². The molecule has 4 rings (SSSR count). The van der Waals surface area contributed by atoms with Crippen molar-refractivity contribution in [1.29, 1.82) is 0 Å². The van der Waals surface area contributed by atoms with Crippen molar-refractivity contribution in [1.82, 2.24) is 0 Å². The van der Waals surface area contributed by atoms with E-state index in [4.69, 9.17) is 0 Å². The first-order valence-electron chi connectivity index (χ1n) is 7.91. The fourth-order valence-corrected chi connectivity index (χ4v) is 4.72. The molecule has 1 heteroatoms. The van der Waals surface area contributed by atoms with Gasteiger partial charge in [-0.1, -0.05) is 43.7 Å². The number of Topliss-reactive ketones (excluding diaryl/α,β-unsaturated/α-hetero) is 1. The molecule has 0 heterocycles. The number of hydrogen-bond acceptors (Lipinski definition) is 1. The van der Waals surface area contributed by atoms with Crippen LogP contribution < -0.4 is 0 Å². The van der Waals surface area contributed by atoms with Crippen LogP contribution in [0.1, 0.15) is 62.1 Å². The molecule has 2 atom stereocenters. The monoisotopic (exact) mass is 266 g/mol. The summed E-state index contributed by atoms with van der Waals surface area (Å²) in [6.07, 6.45) is 7.41. The van der Waals surface area contributed by atoms with Gasteiger partial charge in [0, 0.05) is 18.3 Å². The Morgan fingerprint density at radius 2 is 2.10 bits per heavy atom. The molecule has 1 nitrogen and oxygen atoms in total. The Bertz CT molecular complexity index is 623. The number of hydrogen-bond donors (Lipinski definition) is 0. The number of rotatable bonds is 1. The molecule has 20 heavy (non-hydrogen) atoms. The van der Waals surface area contributed by atoms with E-state index in [1.54, 1.807) is 5.57 Å². The largest absolute Gasteiger partial charge is 0.299 e. The summed E-state index contributed by atoms with van der Waals surface area (Å²) in [7, 11) is 0. The van der Waals surface area contributed by atoms with Crippen molar-refractivity contribution in [2.24, 2.45) is 5.92 Å². The fraction of sp³-hybridized carbons (Fsp3) is 0.526. The van der Waals surface area contributed by atoms with Gasteiger partial charge in [-0.2, -0.15) is 0 Å². The van der Waals surface area contributed by atoms with Crippen LogP contribution in [0.15, 0.2) is 29.8 Å². The zero-order valence-corrected chi connectivity index (χ0v) is 12.4. The molecule has 2 unspecified atom stereocenters. The van der Waals surface area contributed by atoms with Gasteiger partial charge in [-0.15, -0.1) is 0 Å². The number of carbonyl (C=O) groups excluding carboxylic acids is 1. The first-order valence-corrected chi connectivity index (χ1v) is 7.91. The minimum Gasteiger partial charge on any atom is -0.299 e. The maximum Gasteiger partial charge on any atom is 0.138 e. The highest BCUT2D eigenvalue weighted by Gasteiger charge is 2.51. The van der Waals surface area contributed by atoms with Crippen molar-refractivity contribution in [3.8, 4) is 0 Å². The van der Waals surface area contributed by atoms with Gasteiger partial charge in [0.1, 0.15) is 5.78 Å². The number of ketones is 1. The topological polar surface area (TPSA) is 17.1 Å². The Morgan fingerprint density at radius 1 is 1.25 bits per heavy atom.